The molecule has 0 radical (unpaired) electrons. The molecule has 0 atom stereocenters. The molecule has 0 saturated heterocycles. The minimum Gasteiger partial charge on any atom is -0.495 e. The summed E-state index contributed by atoms with van der Waals surface area (Å²) in [7, 11) is 1.63. The van der Waals surface area contributed by atoms with Crippen LogP contribution < -0.4 is 14.2 Å². The third-order valence-electron chi connectivity index (χ3n) is 6.38. The lowest BCUT2D eigenvalue weighted by molar-refractivity contribution is -0.146. The van der Waals surface area contributed by atoms with Crippen LogP contribution in [0.4, 0.5) is 4.79 Å². The maximum Gasteiger partial charge on any atom is 0.519 e. The van der Waals surface area contributed by atoms with E-state index in [-0.39, 0.29) is 50.6 Å². The van der Waals surface area contributed by atoms with E-state index < -0.39 is 6.16 Å². The first-order valence-corrected chi connectivity index (χ1v) is 18.7. The van der Waals surface area contributed by atoms with Crippen molar-refractivity contribution in [2.24, 2.45) is 0 Å². The van der Waals surface area contributed by atoms with Crippen molar-refractivity contribution in [1.82, 2.24) is 0 Å². The van der Waals surface area contributed by atoms with Crippen molar-refractivity contribution in [2.45, 2.75) is 45.4 Å². The molecule has 3 rings (SSSR count). The molecule has 0 aliphatic rings. The maximum absolute atomic E-state index is 12.4. The molecule has 0 bridgehead atoms. The number of hydrogen-bond acceptors (Lipinski definition) is 10. The van der Waals surface area contributed by atoms with E-state index in [9.17, 15) is 19.2 Å². The molecule has 0 fully saturated rings. The summed E-state index contributed by atoms with van der Waals surface area (Å²) in [4.78, 5) is 47.7. The molecule has 47 heavy (non-hydrogen) atoms. The second kappa shape index (κ2) is 20.5. The fourth-order valence-corrected chi connectivity index (χ4v) is 8.57. The minimum absolute atomic E-state index is 0.155. The molecule has 3 aromatic carbocycles. The van der Waals surface area contributed by atoms with Gasteiger partial charge in [0.1, 0.15) is 11.5 Å². The second-order valence-corrected chi connectivity index (χ2v) is 14.6. The number of halogens is 4. The molecule has 0 aliphatic heterocycles. The van der Waals surface area contributed by atoms with Crippen LogP contribution in [0.3, 0.4) is 0 Å². The topological polar surface area (TPSA) is 124 Å². The van der Waals surface area contributed by atoms with Crippen molar-refractivity contribution in [1.29, 1.82) is 0 Å². The summed E-state index contributed by atoms with van der Waals surface area (Å²) >= 11 is 8.56. The SMILES string of the molecule is COc1c(I)cc(CCC(=O)OCCCOC(=O)CCc2cc(I)c(OC(=O)Oc3ccc(CCOC(C)=O)cc3)c(I)c2)cc1I. The van der Waals surface area contributed by atoms with E-state index >= 15 is 0 Å². The van der Waals surface area contributed by atoms with Crippen molar-refractivity contribution in [3.05, 3.63) is 79.5 Å². The largest absolute Gasteiger partial charge is 0.519 e. The Balaban J connectivity index is 1.34. The molecule has 0 amide bonds. The summed E-state index contributed by atoms with van der Waals surface area (Å²) in [5.41, 5.74) is 2.85. The van der Waals surface area contributed by atoms with Crippen LogP contribution in [-0.2, 0) is 47.9 Å². The number of hydrogen-bond donors (Lipinski definition) is 0. The van der Waals surface area contributed by atoms with E-state index in [1.54, 1.807) is 31.4 Å². The van der Waals surface area contributed by atoms with Gasteiger partial charge in [0.15, 0.2) is 5.75 Å². The number of esters is 3. The highest BCUT2D eigenvalue weighted by atomic mass is 127. The van der Waals surface area contributed by atoms with Gasteiger partial charge < -0.3 is 28.4 Å². The monoisotopic (exact) mass is 1100 g/mol. The quantitative estimate of drug-likeness (QED) is 0.0461. The van der Waals surface area contributed by atoms with Crippen LogP contribution in [-0.4, -0.2) is 51.0 Å². The highest BCUT2D eigenvalue weighted by molar-refractivity contribution is 14.1. The van der Waals surface area contributed by atoms with Gasteiger partial charge in [0.25, 0.3) is 0 Å². The van der Waals surface area contributed by atoms with Crippen LogP contribution in [0.1, 0.15) is 42.9 Å². The Morgan fingerprint density at radius 3 is 1.55 bits per heavy atom. The minimum atomic E-state index is -0.877. The molecule has 0 spiro atoms. The van der Waals surface area contributed by atoms with E-state index in [1.165, 1.54) is 6.92 Å². The van der Waals surface area contributed by atoms with E-state index in [0.29, 0.717) is 44.3 Å². The van der Waals surface area contributed by atoms with E-state index in [4.69, 9.17) is 28.4 Å². The van der Waals surface area contributed by atoms with Gasteiger partial charge in [-0.15, -0.1) is 0 Å². The fraction of sp³-hybridized carbons (Fsp3) is 0.333. The van der Waals surface area contributed by atoms with E-state index in [2.05, 4.69) is 90.4 Å². The number of aryl methyl sites for hydroxylation is 2. The molecule has 0 unspecified atom stereocenters. The summed E-state index contributed by atoms with van der Waals surface area (Å²) in [6, 6.07) is 14.5. The Kier molecular flexibility index (Phi) is 17.3. The van der Waals surface area contributed by atoms with Crippen molar-refractivity contribution >= 4 is 114 Å². The Morgan fingerprint density at radius 2 is 1.09 bits per heavy atom. The van der Waals surface area contributed by atoms with Gasteiger partial charge in [-0.3, -0.25) is 14.4 Å². The highest BCUT2D eigenvalue weighted by Gasteiger charge is 2.16. The predicted octanol–water partition coefficient (Wildman–Crippen LogP) is 7.84. The zero-order valence-corrected chi connectivity index (χ0v) is 34.2. The average molecular weight is 1100 g/mol. The van der Waals surface area contributed by atoms with Gasteiger partial charge >= 0.3 is 24.1 Å². The molecular formula is C33H32I4O10. The molecule has 0 aromatic heterocycles. The van der Waals surface area contributed by atoms with Gasteiger partial charge in [-0.05, 0) is 156 Å². The molecule has 0 N–H and O–H groups in total. The van der Waals surface area contributed by atoms with E-state index in [1.807, 2.05) is 24.3 Å². The summed E-state index contributed by atoms with van der Waals surface area (Å²) in [5, 5.41) is 0. The van der Waals surface area contributed by atoms with Crippen molar-refractivity contribution in [3.63, 3.8) is 0 Å². The van der Waals surface area contributed by atoms with Crippen LogP contribution in [0, 0.1) is 14.3 Å². The van der Waals surface area contributed by atoms with Crippen LogP contribution in [0.15, 0.2) is 48.5 Å². The van der Waals surface area contributed by atoms with Gasteiger partial charge in [-0.2, -0.15) is 0 Å². The third kappa shape index (κ3) is 14.2. The van der Waals surface area contributed by atoms with Gasteiger partial charge in [0.05, 0.1) is 41.2 Å². The molecule has 252 valence electrons. The molecule has 0 saturated carbocycles. The first-order chi connectivity index (χ1) is 22.4. The molecule has 0 aliphatic carbocycles. The van der Waals surface area contributed by atoms with Crippen molar-refractivity contribution in [3.8, 4) is 17.2 Å². The van der Waals surface area contributed by atoms with Gasteiger partial charge in [-0.25, -0.2) is 4.79 Å². The summed E-state index contributed by atoms with van der Waals surface area (Å²) in [5.74, 6) is 0.521. The number of ether oxygens (including phenoxy) is 6. The van der Waals surface area contributed by atoms with E-state index in [0.717, 1.165) is 29.6 Å². The van der Waals surface area contributed by atoms with Gasteiger partial charge in [0.2, 0.25) is 0 Å². The first kappa shape index (κ1) is 39.5. The third-order valence-corrected chi connectivity index (χ3v) is 9.58. The van der Waals surface area contributed by atoms with Crippen LogP contribution >= 0.6 is 90.4 Å². The Morgan fingerprint density at radius 1 is 0.596 bits per heavy atom. The van der Waals surface area contributed by atoms with Crippen LogP contribution in [0.2, 0.25) is 0 Å². The van der Waals surface area contributed by atoms with Gasteiger partial charge in [0, 0.05) is 32.6 Å². The predicted molar refractivity (Wildman–Crippen MR) is 207 cm³/mol. The lowest BCUT2D eigenvalue weighted by atomic mass is 10.1. The van der Waals surface area contributed by atoms with Crippen LogP contribution in [0.25, 0.3) is 0 Å². The summed E-state index contributed by atoms with van der Waals surface area (Å²) < 4.78 is 35.0. The zero-order valence-electron chi connectivity index (χ0n) is 25.6. The van der Waals surface area contributed by atoms with Crippen molar-refractivity contribution < 1.29 is 47.6 Å². The normalized spacial score (nSPS) is 10.6. The summed E-state index contributed by atoms with van der Waals surface area (Å²) in [6.07, 6.45) is 1.52. The average Bonchev–Trinajstić information content (AvgIpc) is 3.01. The zero-order chi connectivity index (χ0) is 34.3. The molecule has 10 nitrogen and oxygen atoms in total. The lowest BCUT2D eigenvalue weighted by Crippen LogP contribution is -2.15. The second-order valence-electron chi connectivity index (χ2n) is 9.96. The Hall–Kier alpha value is -1.94. The first-order valence-electron chi connectivity index (χ1n) is 14.4. The summed E-state index contributed by atoms with van der Waals surface area (Å²) in [6.45, 7) is 1.96. The Labute approximate surface area is 327 Å². The smallest absolute Gasteiger partial charge is 0.495 e. The molecular weight excluding hydrogens is 1060 g/mol. The number of benzene rings is 3. The fourth-order valence-electron chi connectivity index (χ4n) is 4.11. The number of rotatable bonds is 16. The lowest BCUT2D eigenvalue weighted by Gasteiger charge is -2.12. The molecule has 3 aromatic rings. The van der Waals surface area contributed by atoms with Gasteiger partial charge in [-0.1, -0.05) is 12.1 Å². The van der Waals surface area contributed by atoms with Crippen molar-refractivity contribution in [2.75, 3.05) is 26.9 Å². The number of carbonyl (C=O) groups is 4. The number of carbonyl (C=O) groups excluding carboxylic acids is 4. The Bertz CT molecular complexity index is 1510. The van der Waals surface area contributed by atoms with Crippen LogP contribution in [0.5, 0.6) is 17.2 Å². The molecule has 0 heterocycles. The number of methoxy groups -OCH3 is 1. The molecule has 14 heteroatoms. The standard InChI is InChI=1S/C33H32I4O10/c1-20(38)43-15-12-21-4-8-24(9-5-21)46-33(41)47-32-27(36)18-23(19-28(32)37)7-11-30(40)45-14-3-13-44-29(39)10-6-22-16-25(34)31(42-2)26(35)17-22/h4-5,8-9,16-19H,3,6-7,10-15H2,1-2H3. The maximum atomic E-state index is 12.4. The highest BCUT2D eigenvalue weighted by Crippen LogP contribution is 2.31.